The number of para-hydroxylation sites is 1. The Morgan fingerprint density at radius 2 is 1.81 bits per heavy atom. The number of anilines is 1. The van der Waals surface area contributed by atoms with E-state index in [2.05, 4.69) is 5.32 Å². The molecule has 2 aromatic rings. The number of nitrogens with zero attached hydrogens (tertiary/aromatic N) is 2. The average molecular weight is 448 g/mol. The standard InChI is InChI=1S/C22H26FN3O4S/c1-4-17-7-5-6-8-19(17)26-20(27)14-25(31(3,29)30)15-22(26,2)21(28)24-13-16-9-11-18(23)12-10-16/h5-12H,4,13-15H2,1-3H3,(H,24,28)/t22-/m0/s1. The summed E-state index contributed by atoms with van der Waals surface area (Å²) in [6, 6.07) is 13.0. The van der Waals surface area contributed by atoms with Crippen LogP contribution in [0.25, 0.3) is 0 Å². The first kappa shape index (κ1) is 22.9. The molecule has 0 bridgehead atoms. The molecular formula is C22H26FN3O4S. The van der Waals surface area contributed by atoms with Crippen molar-refractivity contribution in [2.24, 2.45) is 0 Å². The molecule has 0 unspecified atom stereocenters. The lowest BCUT2D eigenvalue weighted by atomic mass is 9.93. The zero-order valence-corrected chi connectivity index (χ0v) is 18.6. The maximum absolute atomic E-state index is 13.4. The van der Waals surface area contributed by atoms with Gasteiger partial charge in [0.2, 0.25) is 21.8 Å². The van der Waals surface area contributed by atoms with E-state index in [-0.39, 0.29) is 25.5 Å². The third-order valence-electron chi connectivity index (χ3n) is 5.48. The average Bonchev–Trinajstić information content (AvgIpc) is 2.72. The summed E-state index contributed by atoms with van der Waals surface area (Å²) in [5, 5.41) is 2.78. The molecule has 7 nitrogen and oxygen atoms in total. The maximum atomic E-state index is 13.4. The molecule has 1 N–H and O–H groups in total. The van der Waals surface area contributed by atoms with Gasteiger partial charge in [-0.1, -0.05) is 37.3 Å². The minimum Gasteiger partial charge on any atom is -0.350 e. The van der Waals surface area contributed by atoms with Gasteiger partial charge in [0, 0.05) is 18.8 Å². The van der Waals surface area contributed by atoms with Crippen LogP contribution in [0.3, 0.4) is 0 Å². The molecular weight excluding hydrogens is 421 g/mol. The van der Waals surface area contributed by atoms with Crippen LogP contribution >= 0.6 is 0 Å². The number of benzene rings is 2. The van der Waals surface area contributed by atoms with Gasteiger partial charge in [-0.25, -0.2) is 12.8 Å². The van der Waals surface area contributed by atoms with E-state index in [0.717, 1.165) is 16.1 Å². The molecule has 0 radical (unpaired) electrons. The van der Waals surface area contributed by atoms with Gasteiger partial charge in [0.1, 0.15) is 11.4 Å². The number of amides is 2. The topological polar surface area (TPSA) is 86.8 Å². The van der Waals surface area contributed by atoms with E-state index in [1.807, 2.05) is 19.1 Å². The lowest BCUT2D eigenvalue weighted by Gasteiger charge is -2.47. The van der Waals surface area contributed by atoms with Crippen molar-refractivity contribution in [1.29, 1.82) is 0 Å². The summed E-state index contributed by atoms with van der Waals surface area (Å²) < 4.78 is 38.6. The van der Waals surface area contributed by atoms with Crippen LogP contribution in [0.4, 0.5) is 10.1 Å². The monoisotopic (exact) mass is 447 g/mol. The Balaban J connectivity index is 1.98. The Morgan fingerprint density at radius 3 is 2.42 bits per heavy atom. The highest BCUT2D eigenvalue weighted by Gasteiger charge is 2.50. The molecule has 1 aliphatic rings. The molecule has 3 rings (SSSR count). The lowest BCUT2D eigenvalue weighted by molar-refractivity contribution is -0.133. The summed E-state index contributed by atoms with van der Waals surface area (Å²) in [5.74, 6) is -1.35. The third-order valence-corrected chi connectivity index (χ3v) is 6.67. The Hall–Kier alpha value is -2.78. The van der Waals surface area contributed by atoms with Crippen LogP contribution in [-0.4, -0.2) is 49.4 Å². The number of nitrogens with one attached hydrogen (secondary N) is 1. The molecule has 1 atom stereocenters. The quantitative estimate of drug-likeness (QED) is 0.735. The number of piperazine rings is 1. The fourth-order valence-electron chi connectivity index (χ4n) is 3.78. The van der Waals surface area contributed by atoms with Crippen LogP contribution < -0.4 is 10.2 Å². The largest absolute Gasteiger partial charge is 0.350 e. The molecule has 0 aliphatic carbocycles. The molecule has 1 fully saturated rings. The van der Waals surface area contributed by atoms with Crippen LogP contribution in [0.1, 0.15) is 25.0 Å². The lowest BCUT2D eigenvalue weighted by Crippen LogP contribution is -2.70. The number of carbonyl (C=O) groups excluding carboxylic acids is 2. The molecule has 2 aromatic carbocycles. The van der Waals surface area contributed by atoms with Gasteiger partial charge in [-0.05, 0) is 42.7 Å². The van der Waals surface area contributed by atoms with Gasteiger partial charge in [-0.2, -0.15) is 4.31 Å². The van der Waals surface area contributed by atoms with Gasteiger partial charge in [0.25, 0.3) is 0 Å². The van der Waals surface area contributed by atoms with Gasteiger partial charge in [0.15, 0.2) is 0 Å². The highest BCUT2D eigenvalue weighted by molar-refractivity contribution is 7.88. The number of hydrogen-bond donors (Lipinski definition) is 1. The molecule has 9 heteroatoms. The van der Waals surface area contributed by atoms with E-state index in [0.29, 0.717) is 17.7 Å². The molecule has 1 heterocycles. The SMILES string of the molecule is CCc1ccccc1N1C(=O)CN(S(C)(=O)=O)C[C@@]1(C)C(=O)NCc1ccc(F)cc1. The maximum Gasteiger partial charge on any atom is 0.247 e. The predicted molar refractivity (Wildman–Crippen MR) is 116 cm³/mol. The number of rotatable bonds is 6. The highest BCUT2D eigenvalue weighted by Crippen LogP contribution is 2.33. The first-order valence-corrected chi connectivity index (χ1v) is 11.8. The van der Waals surface area contributed by atoms with E-state index in [9.17, 15) is 22.4 Å². The van der Waals surface area contributed by atoms with E-state index in [4.69, 9.17) is 0 Å². The minimum atomic E-state index is -3.69. The fraction of sp³-hybridized carbons (Fsp3) is 0.364. The summed E-state index contributed by atoms with van der Waals surface area (Å²) in [5.41, 5.74) is 0.675. The summed E-state index contributed by atoms with van der Waals surface area (Å²) in [7, 11) is -3.69. The second-order valence-electron chi connectivity index (χ2n) is 7.83. The molecule has 31 heavy (non-hydrogen) atoms. The number of sulfonamides is 1. The third kappa shape index (κ3) is 4.77. The van der Waals surface area contributed by atoms with Crippen molar-refractivity contribution in [1.82, 2.24) is 9.62 Å². The smallest absolute Gasteiger partial charge is 0.247 e. The number of halogens is 1. The first-order valence-electron chi connectivity index (χ1n) is 9.95. The summed E-state index contributed by atoms with van der Waals surface area (Å²) in [6.07, 6.45) is 1.66. The van der Waals surface area contributed by atoms with Gasteiger partial charge in [-0.3, -0.25) is 14.5 Å². The fourth-order valence-corrected chi connectivity index (χ4v) is 4.61. The molecule has 0 saturated carbocycles. The van der Waals surface area contributed by atoms with Gasteiger partial charge in [-0.15, -0.1) is 0 Å². The van der Waals surface area contributed by atoms with E-state index >= 15 is 0 Å². The van der Waals surface area contributed by atoms with Crippen molar-refractivity contribution in [2.45, 2.75) is 32.4 Å². The predicted octanol–water partition coefficient (Wildman–Crippen LogP) is 2.07. The van der Waals surface area contributed by atoms with Crippen molar-refractivity contribution in [3.63, 3.8) is 0 Å². The molecule has 166 valence electrons. The highest BCUT2D eigenvalue weighted by atomic mass is 32.2. The van der Waals surface area contributed by atoms with Crippen molar-refractivity contribution in [2.75, 3.05) is 24.2 Å². The van der Waals surface area contributed by atoms with Crippen LogP contribution in [-0.2, 0) is 32.6 Å². The van der Waals surface area contributed by atoms with Crippen LogP contribution in [0.2, 0.25) is 0 Å². The van der Waals surface area contributed by atoms with Crippen LogP contribution in [0, 0.1) is 5.82 Å². The minimum absolute atomic E-state index is 0.116. The molecule has 1 aliphatic heterocycles. The number of carbonyl (C=O) groups is 2. The Labute approximate surface area is 181 Å². The van der Waals surface area contributed by atoms with E-state index < -0.39 is 27.4 Å². The second-order valence-corrected chi connectivity index (χ2v) is 9.81. The van der Waals surface area contributed by atoms with Crippen LogP contribution in [0.5, 0.6) is 0 Å². The molecule has 0 aromatic heterocycles. The van der Waals surface area contributed by atoms with Crippen molar-refractivity contribution in [3.05, 3.63) is 65.5 Å². The van der Waals surface area contributed by atoms with Gasteiger partial charge < -0.3 is 5.32 Å². The molecule has 0 spiro atoms. The summed E-state index contributed by atoms with van der Waals surface area (Å²) in [4.78, 5) is 27.9. The number of hydrogen-bond acceptors (Lipinski definition) is 4. The zero-order chi connectivity index (χ0) is 22.8. The number of aryl methyl sites for hydroxylation is 1. The van der Waals surface area contributed by atoms with Gasteiger partial charge in [0.05, 0.1) is 12.8 Å². The summed E-state index contributed by atoms with van der Waals surface area (Å²) >= 11 is 0. The summed E-state index contributed by atoms with van der Waals surface area (Å²) in [6.45, 7) is 3.12. The van der Waals surface area contributed by atoms with Gasteiger partial charge >= 0.3 is 0 Å². The van der Waals surface area contributed by atoms with Crippen molar-refractivity contribution in [3.8, 4) is 0 Å². The molecule has 2 amide bonds. The Bertz CT molecular complexity index is 1090. The normalized spacial score (nSPS) is 20.0. The first-order chi connectivity index (χ1) is 14.6. The van der Waals surface area contributed by atoms with E-state index in [1.54, 1.807) is 31.2 Å². The molecule has 1 saturated heterocycles. The van der Waals surface area contributed by atoms with Crippen molar-refractivity contribution >= 4 is 27.5 Å². The Morgan fingerprint density at radius 1 is 1.16 bits per heavy atom. The Kier molecular flexibility index (Phi) is 6.47. The zero-order valence-electron chi connectivity index (χ0n) is 17.8. The second kappa shape index (κ2) is 8.76. The van der Waals surface area contributed by atoms with Crippen LogP contribution in [0.15, 0.2) is 48.5 Å². The van der Waals surface area contributed by atoms with E-state index in [1.165, 1.54) is 17.0 Å². The van der Waals surface area contributed by atoms with Crippen molar-refractivity contribution < 1.29 is 22.4 Å².